The van der Waals surface area contributed by atoms with Crippen molar-refractivity contribution < 1.29 is 5.11 Å². The van der Waals surface area contributed by atoms with Gasteiger partial charge in [-0.15, -0.1) is 0 Å². The van der Waals surface area contributed by atoms with Crippen molar-refractivity contribution in [1.82, 2.24) is 0 Å². The molecule has 0 heterocycles. The number of aliphatic hydroxyl groups is 1. The molecule has 0 fully saturated rings. The van der Waals surface area contributed by atoms with Crippen LogP contribution in [-0.2, 0) is 0 Å². The Bertz CT molecular complexity index is 91.6. The van der Waals surface area contributed by atoms with Crippen LogP contribution in [0.3, 0.4) is 0 Å². The Hall–Kier alpha value is 0.310. The summed E-state index contributed by atoms with van der Waals surface area (Å²) in [6, 6.07) is 0. The fourth-order valence-corrected chi connectivity index (χ4v) is 1.17. The average molecular weight is 176 g/mol. The molecule has 1 atom stereocenters. The molecule has 0 aliphatic carbocycles. The minimum atomic E-state index is -0.545. The van der Waals surface area contributed by atoms with Crippen LogP contribution in [0.4, 0.5) is 0 Å². The van der Waals surface area contributed by atoms with Gasteiger partial charge in [0.15, 0.2) is 0 Å². The molecule has 0 amide bonds. The van der Waals surface area contributed by atoms with E-state index in [4.69, 9.17) is 0 Å². The molecule has 0 rings (SSSR count). The van der Waals surface area contributed by atoms with Crippen LogP contribution < -0.4 is 0 Å². The van der Waals surface area contributed by atoms with Crippen LogP contribution in [0.2, 0.25) is 0 Å². The van der Waals surface area contributed by atoms with Gasteiger partial charge in [-0.2, -0.15) is 12.6 Å². The molecule has 0 aromatic carbocycles. The summed E-state index contributed by atoms with van der Waals surface area (Å²) < 4.78 is 0. The molecular weight excluding hydrogens is 156 g/mol. The average Bonchev–Trinajstić information content (AvgIpc) is 1.99. The summed E-state index contributed by atoms with van der Waals surface area (Å²) in [5.41, 5.74) is -0.545. The van der Waals surface area contributed by atoms with Crippen LogP contribution in [0, 0.1) is 0 Å². The number of hydrogen-bond donors (Lipinski definition) is 2. The quantitative estimate of drug-likeness (QED) is 0.471. The third-order valence-corrected chi connectivity index (χ3v) is 2.59. The van der Waals surface area contributed by atoms with E-state index in [-0.39, 0.29) is 0 Å². The zero-order valence-electron chi connectivity index (χ0n) is 7.64. The Labute approximate surface area is 75.6 Å². The van der Waals surface area contributed by atoms with E-state index in [0.29, 0.717) is 5.75 Å². The number of thiol groups is 1. The lowest BCUT2D eigenvalue weighted by molar-refractivity contribution is 0.0734. The summed E-state index contributed by atoms with van der Waals surface area (Å²) in [7, 11) is 0. The maximum absolute atomic E-state index is 9.55. The van der Waals surface area contributed by atoms with E-state index in [1.165, 1.54) is 19.3 Å². The molecule has 1 unspecified atom stereocenters. The van der Waals surface area contributed by atoms with Crippen LogP contribution in [0.25, 0.3) is 0 Å². The summed E-state index contributed by atoms with van der Waals surface area (Å²) in [6.45, 7) is 4.04. The van der Waals surface area contributed by atoms with E-state index in [9.17, 15) is 5.11 Å². The first kappa shape index (κ1) is 11.3. The van der Waals surface area contributed by atoms with E-state index >= 15 is 0 Å². The number of hydrogen-bond acceptors (Lipinski definition) is 2. The Morgan fingerprint density at radius 3 is 2.36 bits per heavy atom. The molecule has 0 saturated carbocycles. The van der Waals surface area contributed by atoms with Crippen LogP contribution in [0.5, 0.6) is 0 Å². The van der Waals surface area contributed by atoms with Gasteiger partial charge in [-0.3, -0.25) is 0 Å². The fourth-order valence-electron chi connectivity index (χ4n) is 1.01. The predicted octanol–water partition coefficient (Wildman–Crippen LogP) is 2.64. The zero-order chi connectivity index (χ0) is 8.74. The van der Waals surface area contributed by atoms with Gasteiger partial charge in [0.25, 0.3) is 0 Å². The number of unbranched alkanes of at least 4 members (excludes halogenated alkanes) is 3. The standard InChI is InChI=1S/C9H20OS/c1-3-4-5-6-7-9(2,10)8-11/h10-11H,3-8H2,1-2H3. The van der Waals surface area contributed by atoms with Crippen LogP contribution in [-0.4, -0.2) is 16.5 Å². The van der Waals surface area contributed by atoms with Crippen molar-refractivity contribution >= 4 is 12.6 Å². The Kier molecular flexibility index (Phi) is 6.06. The van der Waals surface area contributed by atoms with Crippen molar-refractivity contribution in [3.05, 3.63) is 0 Å². The second-order valence-corrected chi connectivity index (χ2v) is 3.78. The normalized spacial score (nSPS) is 16.4. The second-order valence-electron chi connectivity index (χ2n) is 3.47. The lowest BCUT2D eigenvalue weighted by atomic mass is 10.0. The van der Waals surface area contributed by atoms with E-state index in [1.54, 1.807) is 0 Å². The van der Waals surface area contributed by atoms with Gasteiger partial charge in [-0.05, 0) is 13.3 Å². The Balaban J connectivity index is 3.23. The Morgan fingerprint density at radius 1 is 1.27 bits per heavy atom. The first-order valence-electron chi connectivity index (χ1n) is 4.45. The second kappa shape index (κ2) is 5.90. The third kappa shape index (κ3) is 6.70. The molecule has 0 spiro atoms. The zero-order valence-corrected chi connectivity index (χ0v) is 8.53. The summed E-state index contributed by atoms with van der Waals surface area (Å²) in [5.74, 6) is 0.569. The SMILES string of the molecule is CCCCCCC(C)(O)CS. The highest BCUT2D eigenvalue weighted by Gasteiger charge is 2.16. The molecule has 0 bridgehead atoms. The highest BCUT2D eigenvalue weighted by atomic mass is 32.1. The summed E-state index contributed by atoms with van der Waals surface area (Å²) in [5, 5.41) is 9.55. The third-order valence-electron chi connectivity index (χ3n) is 1.91. The van der Waals surface area contributed by atoms with Gasteiger partial charge in [0.2, 0.25) is 0 Å². The number of rotatable bonds is 6. The summed E-state index contributed by atoms with van der Waals surface area (Å²) >= 11 is 4.08. The molecule has 0 radical (unpaired) electrons. The largest absolute Gasteiger partial charge is 0.389 e. The first-order valence-corrected chi connectivity index (χ1v) is 5.09. The van der Waals surface area contributed by atoms with Gasteiger partial charge >= 0.3 is 0 Å². The van der Waals surface area contributed by atoms with Crippen molar-refractivity contribution in [2.75, 3.05) is 5.75 Å². The van der Waals surface area contributed by atoms with Gasteiger partial charge in [0.05, 0.1) is 5.60 Å². The van der Waals surface area contributed by atoms with Crippen molar-refractivity contribution in [3.63, 3.8) is 0 Å². The maximum Gasteiger partial charge on any atom is 0.0707 e. The molecule has 1 N–H and O–H groups in total. The van der Waals surface area contributed by atoms with Gasteiger partial charge < -0.3 is 5.11 Å². The van der Waals surface area contributed by atoms with E-state index in [1.807, 2.05) is 6.92 Å². The molecule has 1 nitrogen and oxygen atoms in total. The molecule has 0 aromatic rings. The predicted molar refractivity (Wildman–Crippen MR) is 53.2 cm³/mol. The van der Waals surface area contributed by atoms with Crippen molar-refractivity contribution in [2.24, 2.45) is 0 Å². The van der Waals surface area contributed by atoms with Gasteiger partial charge in [-0.25, -0.2) is 0 Å². The van der Waals surface area contributed by atoms with E-state index in [2.05, 4.69) is 19.6 Å². The molecule has 0 aliphatic heterocycles. The highest BCUT2D eigenvalue weighted by Crippen LogP contribution is 2.15. The topological polar surface area (TPSA) is 20.2 Å². The lowest BCUT2D eigenvalue weighted by Gasteiger charge is -2.19. The highest BCUT2D eigenvalue weighted by molar-refractivity contribution is 7.80. The van der Waals surface area contributed by atoms with Crippen LogP contribution >= 0.6 is 12.6 Å². The van der Waals surface area contributed by atoms with Crippen molar-refractivity contribution in [1.29, 1.82) is 0 Å². The molecule has 0 saturated heterocycles. The summed E-state index contributed by atoms with van der Waals surface area (Å²) in [6.07, 6.45) is 5.78. The van der Waals surface area contributed by atoms with Crippen molar-refractivity contribution in [2.45, 2.75) is 51.6 Å². The molecule has 2 heteroatoms. The molecule has 68 valence electrons. The minimum absolute atomic E-state index is 0.545. The molecule has 0 aliphatic rings. The van der Waals surface area contributed by atoms with Gasteiger partial charge in [0, 0.05) is 5.75 Å². The minimum Gasteiger partial charge on any atom is -0.389 e. The maximum atomic E-state index is 9.55. The summed E-state index contributed by atoms with van der Waals surface area (Å²) in [4.78, 5) is 0. The Morgan fingerprint density at radius 2 is 1.91 bits per heavy atom. The smallest absolute Gasteiger partial charge is 0.0707 e. The van der Waals surface area contributed by atoms with Crippen LogP contribution in [0.15, 0.2) is 0 Å². The molecule has 0 aromatic heterocycles. The van der Waals surface area contributed by atoms with Crippen LogP contribution in [0.1, 0.15) is 46.0 Å². The molecule has 11 heavy (non-hydrogen) atoms. The van der Waals surface area contributed by atoms with Gasteiger partial charge in [-0.1, -0.05) is 32.6 Å². The fraction of sp³-hybridized carbons (Fsp3) is 1.00. The van der Waals surface area contributed by atoms with E-state index in [0.717, 1.165) is 12.8 Å². The van der Waals surface area contributed by atoms with Crippen molar-refractivity contribution in [3.8, 4) is 0 Å². The van der Waals surface area contributed by atoms with Gasteiger partial charge in [0.1, 0.15) is 0 Å². The van der Waals surface area contributed by atoms with E-state index < -0.39 is 5.60 Å². The lowest BCUT2D eigenvalue weighted by Crippen LogP contribution is -2.25. The first-order chi connectivity index (χ1) is 5.12. The monoisotopic (exact) mass is 176 g/mol. The molecular formula is C9H20OS.